The van der Waals surface area contributed by atoms with Gasteiger partial charge >= 0.3 is 6.09 Å². The number of unbranched alkanes of at least 4 members (excludes halogenated alkanes) is 3. The van der Waals surface area contributed by atoms with Crippen LogP contribution in [-0.2, 0) is 16.1 Å². The lowest BCUT2D eigenvalue weighted by molar-refractivity contribution is -0.126. The molecule has 2 rings (SSSR count). The fraction of sp³-hybridized carbons (Fsp3) is 0.619. The monoisotopic (exact) mass is 345 g/mol. The van der Waals surface area contributed by atoms with Crippen LogP contribution in [-0.4, -0.2) is 18.4 Å². The highest BCUT2D eigenvalue weighted by Crippen LogP contribution is 2.31. The van der Waals surface area contributed by atoms with Crippen LogP contribution in [0.3, 0.4) is 0 Å². The standard InChI is InChI=1S/C21H31NO3/c1-2-3-4-8-12-18-13-9-14-20(23)19(18)15-22-21(24)25-16-17-10-6-5-7-11-17/h5-7,10-11,18-19H,2-4,8-9,12-16H2,1H3,(H,22,24)/t18-,19+/m1/s1. The smallest absolute Gasteiger partial charge is 0.407 e. The number of nitrogens with one attached hydrogen (secondary N) is 1. The van der Waals surface area contributed by atoms with E-state index in [2.05, 4.69) is 12.2 Å². The van der Waals surface area contributed by atoms with Crippen molar-refractivity contribution in [3.63, 3.8) is 0 Å². The third-order valence-corrected chi connectivity index (χ3v) is 5.09. The average Bonchev–Trinajstić information content (AvgIpc) is 2.64. The van der Waals surface area contributed by atoms with Crippen molar-refractivity contribution in [2.45, 2.75) is 64.9 Å². The lowest BCUT2D eigenvalue weighted by Crippen LogP contribution is -2.39. The van der Waals surface area contributed by atoms with Crippen molar-refractivity contribution in [1.82, 2.24) is 5.32 Å². The molecule has 1 aromatic carbocycles. The largest absolute Gasteiger partial charge is 0.445 e. The summed E-state index contributed by atoms with van der Waals surface area (Å²) in [4.78, 5) is 24.2. The number of hydrogen-bond acceptors (Lipinski definition) is 3. The molecule has 0 spiro atoms. The molecular formula is C21H31NO3. The van der Waals surface area contributed by atoms with Gasteiger partial charge in [0.1, 0.15) is 12.4 Å². The summed E-state index contributed by atoms with van der Waals surface area (Å²) in [6.07, 6.45) is 8.30. The molecule has 0 radical (unpaired) electrons. The van der Waals surface area contributed by atoms with Crippen molar-refractivity contribution in [3.8, 4) is 0 Å². The molecule has 1 aliphatic carbocycles. The fourth-order valence-electron chi connectivity index (χ4n) is 3.61. The van der Waals surface area contributed by atoms with E-state index in [9.17, 15) is 9.59 Å². The van der Waals surface area contributed by atoms with Crippen LogP contribution < -0.4 is 5.32 Å². The van der Waals surface area contributed by atoms with Crippen LogP contribution in [0.25, 0.3) is 0 Å². The molecule has 4 heteroatoms. The predicted molar refractivity (Wildman–Crippen MR) is 99.2 cm³/mol. The van der Waals surface area contributed by atoms with Crippen LogP contribution in [0.1, 0.15) is 63.9 Å². The van der Waals surface area contributed by atoms with Crippen molar-refractivity contribution in [2.75, 3.05) is 6.54 Å². The van der Waals surface area contributed by atoms with Crippen molar-refractivity contribution < 1.29 is 14.3 Å². The van der Waals surface area contributed by atoms with Gasteiger partial charge in [-0.2, -0.15) is 0 Å². The minimum atomic E-state index is -0.438. The van der Waals surface area contributed by atoms with Crippen LogP contribution >= 0.6 is 0 Å². The third-order valence-electron chi connectivity index (χ3n) is 5.09. The van der Waals surface area contributed by atoms with E-state index in [0.29, 0.717) is 24.7 Å². The third kappa shape index (κ3) is 6.89. The molecule has 0 heterocycles. The topological polar surface area (TPSA) is 55.4 Å². The Hall–Kier alpha value is -1.84. The second-order valence-corrected chi connectivity index (χ2v) is 7.02. The van der Waals surface area contributed by atoms with E-state index in [1.165, 1.54) is 25.7 Å². The number of alkyl carbamates (subject to hydrolysis) is 1. The van der Waals surface area contributed by atoms with Gasteiger partial charge in [0.05, 0.1) is 0 Å². The van der Waals surface area contributed by atoms with Crippen molar-refractivity contribution in [3.05, 3.63) is 35.9 Å². The van der Waals surface area contributed by atoms with E-state index in [1.54, 1.807) is 0 Å². The Morgan fingerprint density at radius 2 is 2.00 bits per heavy atom. The normalized spacial score (nSPS) is 20.3. The highest BCUT2D eigenvalue weighted by atomic mass is 16.5. The molecule has 1 amide bonds. The number of ketones is 1. The summed E-state index contributed by atoms with van der Waals surface area (Å²) in [5.74, 6) is 0.669. The van der Waals surface area contributed by atoms with Crippen molar-refractivity contribution >= 4 is 11.9 Å². The number of benzene rings is 1. The van der Waals surface area contributed by atoms with Gasteiger partial charge in [-0.25, -0.2) is 4.79 Å². The first-order chi connectivity index (χ1) is 12.2. The molecule has 1 saturated carbocycles. The molecule has 138 valence electrons. The van der Waals surface area contributed by atoms with Gasteiger partial charge in [0, 0.05) is 18.9 Å². The number of Topliss-reactive ketones (excluding diaryl/α,β-unsaturated/α-hetero) is 1. The van der Waals surface area contributed by atoms with E-state index < -0.39 is 6.09 Å². The molecule has 1 aromatic rings. The molecule has 1 N–H and O–H groups in total. The first-order valence-corrected chi connectivity index (χ1v) is 9.68. The lowest BCUT2D eigenvalue weighted by Gasteiger charge is -2.30. The highest BCUT2D eigenvalue weighted by molar-refractivity contribution is 5.82. The Bertz CT molecular complexity index is 529. The first kappa shape index (κ1) is 19.5. The van der Waals surface area contributed by atoms with E-state index in [-0.39, 0.29) is 12.5 Å². The fourth-order valence-corrected chi connectivity index (χ4v) is 3.61. The zero-order valence-electron chi connectivity index (χ0n) is 15.3. The summed E-state index contributed by atoms with van der Waals surface area (Å²) >= 11 is 0. The van der Waals surface area contributed by atoms with Crippen molar-refractivity contribution in [2.24, 2.45) is 11.8 Å². The van der Waals surface area contributed by atoms with Gasteiger partial charge < -0.3 is 10.1 Å². The Labute approximate surface area is 151 Å². The van der Waals surface area contributed by atoms with Gasteiger partial charge in [-0.1, -0.05) is 62.9 Å². The van der Waals surface area contributed by atoms with E-state index in [4.69, 9.17) is 4.74 Å². The number of ether oxygens (including phenoxy) is 1. The second kappa shape index (κ2) is 10.9. The van der Waals surface area contributed by atoms with Crippen LogP contribution in [0.5, 0.6) is 0 Å². The molecule has 0 aromatic heterocycles. The highest BCUT2D eigenvalue weighted by Gasteiger charge is 2.31. The number of carbonyl (C=O) groups excluding carboxylic acids is 2. The van der Waals surface area contributed by atoms with Gasteiger partial charge in [0.2, 0.25) is 0 Å². The van der Waals surface area contributed by atoms with Gasteiger partial charge in [-0.05, 0) is 30.7 Å². The van der Waals surface area contributed by atoms with Crippen LogP contribution in [0.4, 0.5) is 4.79 Å². The summed E-state index contributed by atoms with van der Waals surface area (Å²) in [5, 5.41) is 2.80. The van der Waals surface area contributed by atoms with Gasteiger partial charge in [-0.15, -0.1) is 0 Å². The van der Waals surface area contributed by atoms with Crippen LogP contribution in [0, 0.1) is 11.8 Å². The number of hydrogen-bond donors (Lipinski definition) is 1. The zero-order chi connectivity index (χ0) is 17.9. The van der Waals surface area contributed by atoms with Gasteiger partial charge in [0.15, 0.2) is 0 Å². The molecule has 1 aliphatic rings. The molecule has 0 aliphatic heterocycles. The molecule has 0 saturated heterocycles. The van der Waals surface area contributed by atoms with Crippen LogP contribution in [0.2, 0.25) is 0 Å². The molecule has 0 bridgehead atoms. The molecule has 2 atom stereocenters. The Morgan fingerprint density at radius 3 is 2.76 bits per heavy atom. The lowest BCUT2D eigenvalue weighted by atomic mass is 9.75. The molecule has 4 nitrogen and oxygen atoms in total. The van der Waals surface area contributed by atoms with Gasteiger partial charge in [0.25, 0.3) is 0 Å². The van der Waals surface area contributed by atoms with Crippen LogP contribution in [0.15, 0.2) is 30.3 Å². The molecular weight excluding hydrogens is 314 g/mol. The number of rotatable bonds is 9. The summed E-state index contributed by atoms with van der Waals surface area (Å²) < 4.78 is 5.24. The number of amides is 1. The van der Waals surface area contributed by atoms with E-state index in [0.717, 1.165) is 24.8 Å². The van der Waals surface area contributed by atoms with Crippen molar-refractivity contribution in [1.29, 1.82) is 0 Å². The maximum Gasteiger partial charge on any atom is 0.407 e. The second-order valence-electron chi connectivity index (χ2n) is 7.02. The minimum absolute atomic E-state index is 0.0420. The number of carbonyl (C=O) groups is 2. The summed E-state index contributed by atoms with van der Waals surface area (Å²) in [7, 11) is 0. The minimum Gasteiger partial charge on any atom is -0.445 e. The molecule has 1 fully saturated rings. The zero-order valence-corrected chi connectivity index (χ0v) is 15.3. The maximum atomic E-state index is 12.3. The van der Waals surface area contributed by atoms with Gasteiger partial charge in [-0.3, -0.25) is 4.79 Å². The Kier molecular flexibility index (Phi) is 8.50. The first-order valence-electron chi connectivity index (χ1n) is 9.68. The average molecular weight is 345 g/mol. The van der Waals surface area contributed by atoms with E-state index >= 15 is 0 Å². The SMILES string of the molecule is CCCCCC[C@@H]1CCCC(=O)[C@H]1CNC(=O)OCc1ccccc1. The predicted octanol–water partition coefficient (Wildman–Crippen LogP) is 4.87. The maximum absolute atomic E-state index is 12.3. The quantitative estimate of drug-likeness (QED) is 0.650. The molecule has 0 unspecified atom stereocenters. The van der Waals surface area contributed by atoms with E-state index in [1.807, 2.05) is 30.3 Å². The molecule has 25 heavy (non-hydrogen) atoms. The Balaban J connectivity index is 1.74. The summed E-state index contributed by atoms with van der Waals surface area (Å²) in [6, 6.07) is 9.61. The summed E-state index contributed by atoms with van der Waals surface area (Å²) in [6.45, 7) is 2.87. The Morgan fingerprint density at radius 1 is 1.20 bits per heavy atom. The summed E-state index contributed by atoms with van der Waals surface area (Å²) in [5.41, 5.74) is 0.959.